The Morgan fingerprint density at radius 2 is 1.69 bits per heavy atom. The fourth-order valence-electron chi connectivity index (χ4n) is 1.16. The van der Waals surface area contributed by atoms with E-state index in [4.69, 9.17) is 5.11 Å². The Kier molecular flexibility index (Phi) is 1.62. The number of nitrogens with zero attached hydrogens (tertiary/aromatic N) is 1. The maximum Gasteiger partial charge on any atom is 0.211 e. The topological polar surface area (TPSA) is 33.1 Å². The van der Waals surface area contributed by atoms with Gasteiger partial charge in [-0.05, 0) is 12.1 Å². The quantitative estimate of drug-likeness (QED) is 0.675. The number of aromatic nitrogens is 1. The summed E-state index contributed by atoms with van der Waals surface area (Å²) < 4.78 is 26.1. The number of pyridine rings is 1. The van der Waals surface area contributed by atoms with Crippen LogP contribution >= 0.6 is 0 Å². The van der Waals surface area contributed by atoms with Gasteiger partial charge in [0.15, 0.2) is 0 Å². The molecule has 0 aliphatic carbocycles. The molecule has 0 saturated carbocycles. The van der Waals surface area contributed by atoms with Crippen LogP contribution in [0.5, 0.6) is 5.88 Å². The first-order chi connectivity index (χ1) is 6.18. The van der Waals surface area contributed by atoms with Crippen molar-refractivity contribution in [1.29, 1.82) is 0 Å². The van der Waals surface area contributed by atoms with Gasteiger partial charge in [-0.1, -0.05) is 0 Å². The van der Waals surface area contributed by atoms with Crippen molar-refractivity contribution in [3.05, 3.63) is 36.0 Å². The standard InChI is InChI=1S/C9H5F2NO/c10-7-1-2-8(11)6-4-12-9(13)3-5(6)7/h1-4H,(H,12,13). The molecule has 1 N–H and O–H groups in total. The number of hydrogen-bond acceptors (Lipinski definition) is 2. The highest BCUT2D eigenvalue weighted by atomic mass is 19.1. The van der Waals surface area contributed by atoms with Crippen LogP contribution in [-0.2, 0) is 0 Å². The van der Waals surface area contributed by atoms with E-state index in [1.807, 2.05) is 0 Å². The first-order valence-corrected chi connectivity index (χ1v) is 3.61. The number of aromatic hydroxyl groups is 1. The normalized spacial score (nSPS) is 10.6. The van der Waals surface area contributed by atoms with Crippen molar-refractivity contribution < 1.29 is 13.9 Å². The van der Waals surface area contributed by atoms with Crippen molar-refractivity contribution in [3.8, 4) is 5.88 Å². The van der Waals surface area contributed by atoms with E-state index in [2.05, 4.69) is 4.98 Å². The molecular weight excluding hydrogens is 176 g/mol. The third-order valence-electron chi connectivity index (χ3n) is 1.78. The molecule has 0 bridgehead atoms. The zero-order chi connectivity index (χ0) is 9.42. The predicted molar refractivity (Wildman–Crippen MR) is 43.3 cm³/mol. The molecule has 13 heavy (non-hydrogen) atoms. The molecule has 4 heteroatoms. The Morgan fingerprint density at radius 3 is 2.38 bits per heavy atom. The Hall–Kier alpha value is -1.71. The molecule has 1 aromatic carbocycles. The molecule has 1 heterocycles. The summed E-state index contributed by atoms with van der Waals surface area (Å²) in [6.45, 7) is 0. The molecule has 0 aliphatic heterocycles. The first kappa shape index (κ1) is 7.91. The van der Waals surface area contributed by atoms with Crippen LogP contribution in [0.2, 0.25) is 0 Å². The Morgan fingerprint density at radius 1 is 1.08 bits per heavy atom. The van der Waals surface area contributed by atoms with E-state index in [9.17, 15) is 8.78 Å². The number of benzene rings is 1. The van der Waals surface area contributed by atoms with Crippen molar-refractivity contribution in [3.63, 3.8) is 0 Å². The number of fused-ring (bicyclic) bond motifs is 1. The maximum atomic E-state index is 13.0. The summed E-state index contributed by atoms with van der Waals surface area (Å²) in [4.78, 5) is 3.46. The minimum absolute atomic E-state index is 0.0347. The van der Waals surface area contributed by atoms with Crippen LogP contribution in [0.15, 0.2) is 24.4 Å². The molecule has 2 nitrogen and oxygen atoms in total. The van der Waals surface area contributed by atoms with Gasteiger partial charge in [0.2, 0.25) is 5.88 Å². The molecule has 0 spiro atoms. The highest BCUT2D eigenvalue weighted by molar-refractivity contribution is 5.83. The fourth-order valence-corrected chi connectivity index (χ4v) is 1.16. The lowest BCUT2D eigenvalue weighted by atomic mass is 10.1. The van der Waals surface area contributed by atoms with Gasteiger partial charge in [-0.15, -0.1) is 0 Å². The van der Waals surface area contributed by atoms with Crippen LogP contribution in [0.25, 0.3) is 10.8 Å². The Balaban J connectivity index is 2.92. The van der Waals surface area contributed by atoms with Gasteiger partial charge < -0.3 is 5.11 Å². The van der Waals surface area contributed by atoms with E-state index < -0.39 is 11.6 Å². The second-order valence-electron chi connectivity index (χ2n) is 2.62. The summed E-state index contributed by atoms with van der Waals surface area (Å²) in [6, 6.07) is 3.13. The third kappa shape index (κ3) is 1.20. The minimum atomic E-state index is -0.575. The highest BCUT2D eigenvalue weighted by Gasteiger charge is 2.06. The molecule has 1 aromatic heterocycles. The van der Waals surface area contributed by atoms with Gasteiger partial charge in [-0.2, -0.15) is 0 Å². The molecule has 0 aliphatic rings. The SMILES string of the molecule is Oc1cc2c(F)ccc(F)c2cn1. The summed E-state index contributed by atoms with van der Waals surface area (Å²) in [5.74, 6) is -1.45. The molecule has 66 valence electrons. The van der Waals surface area contributed by atoms with Crippen LogP contribution in [-0.4, -0.2) is 10.1 Å². The average molecular weight is 181 g/mol. The number of hydrogen-bond donors (Lipinski definition) is 1. The molecule has 0 atom stereocenters. The molecular formula is C9H5F2NO. The zero-order valence-electron chi connectivity index (χ0n) is 6.46. The van der Waals surface area contributed by atoms with E-state index in [0.717, 1.165) is 24.4 Å². The molecule has 0 amide bonds. The van der Waals surface area contributed by atoms with Gasteiger partial charge in [-0.25, -0.2) is 13.8 Å². The maximum absolute atomic E-state index is 13.0. The van der Waals surface area contributed by atoms with Crippen LogP contribution < -0.4 is 0 Å². The lowest BCUT2D eigenvalue weighted by Gasteiger charge is -2.00. The summed E-state index contributed by atoms with van der Waals surface area (Å²) >= 11 is 0. The largest absolute Gasteiger partial charge is 0.493 e. The van der Waals surface area contributed by atoms with Gasteiger partial charge in [0, 0.05) is 23.0 Å². The van der Waals surface area contributed by atoms with Crippen molar-refractivity contribution in [2.24, 2.45) is 0 Å². The van der Waals surface area contributed by atoms with Crippen molar-refractivity contribution in [2.45, 2.75) is 0 Å². The smallest absolute Gasteiger partial charge is 0.211 e. The van der Waals surface area contributed by atoms with Crippen molar-refractivity contribution in [1.82, 2.24) is 4.98 Å². The Bertz CT molecular complexity index is 470. The summed E-state index contributed by atoms with van der Waals surface area (Å²) in [6.07, 6.45) is 1.10. The molecule has 2 rings (SSSR count). The number of halogens is 2. The minimum Gasteiger partial charge on any atom is -0.493 e. The van der Waals surface area contributed by atoms with Crippen LogP contribution in [0, 0.1) is 11.6 Å². The fraction of sp³-hybridized carbons (Fsp3) is 0. The van der Waals surface area contributed by atoms with Crippen molar-refractivity contribution in [2.75, 3.05) is 0 Å². The predicted octanol–water partition coefficient (Wildman–Crippen LogP) is 2.22. The second kappa shape index (κ2) is 2.65. The molecule has 2 aromatic rings. The van der Waals surface area contributed by atoms with E-state index in [1.165, 1.54) is 0 Å². The zero-order valence-corrected chi connectivity index (χ0v) is 6.46. The van der Waals surface area contributed by atoms with Crippen molar-refractivity contribution >= 4 is 10.8 Å². The third-order valence-corrected chi connectivity index (χ3v) is 1.78. The van der Waals surface area contributed by atoms with Gasteiger partial charge in [0.25, 0.3) is 0 Å². The van der Waals surface area contributed by atoms with Gasteiger partial charge >= 0.3 is 0 Å². The monoisotopic (exact) mass is 181 g/mol. The Labute approximate surface area is 72.5 Å². The molecule has 0 fully saturated rings. The van der Waals surface area contributed by atoms with E-state index in [0.29, 0.717) is 0 Å². The molecule has 0 saturated heterocycles. The lowest BCUT2D eigenvalue weighted by molar-refractivity contribution is 0.454. The first-order valence-electron chi connectivity index (χ1n) is 3.61. The molecule has 0 radical (unpaired) electrons. The number of rotatable bonds is 0. The van der Waals surface area contributed by atoms with E-state index >= 15 is 0 Å². The van der Waals surface area contributed by atoms with Crippen LogP contribution in [0.1, 0.15) is 0 Å². The lowest BCUT2D eigenvalue weighted by Crippen LogP contribution is -1.85. The average Bonchev–Trinajstić information content (AvgIpc) is 2.12. The van der Waals surface area contributed by atoms with Crippen LogP contribution in [0.3, 0.4) is 0 Å². The summed E-state index contributed by atoms with van der Waals surface area (Å²) in [5.41, 5.74) is 0. The highest BCUT2D eigenvalue weighted by Crippen LogP contribution is 2.22. The summed E-state index contributed by atoms with van der Waals surface area (Å²) in [7, 11) is 0. The van der Waals surface area contributed by atoms with E-state index in [-0.39, 0.29) is 16.7 Å². The second-order valence-corrected chi connectivity index (χ2v) is 2.62. The summed E-state index contributed by atoms with van der Waals surface area (Å²) in [5, 5.41) is 9.05. The van der Waals surface area contributed by atoms with Crippen LogP contribution in [0.4, 0.5) is 8.78 Å². The molecule has 0 unspecified atom stereocenters. The van der Waals surface area contributed by atoms with Gasteiger partial charge in [-0.3, -0.25) is 0 Å². The van der Waals surface area contributed by atoms with Gasteiger partial charge in [0.05, 0.1) is 0 Å². The van der Waals surface area contributed by atoms with E-state index in [1.54, 1.807) is 0 Å². The van der Waals surface area contributed by atoms with Gasteiger partial charge in [0.1, 0.15) is 11.6 Å².